The molecule has 0 aromatic heterocycles. The van der Waals surface area contributed by atoms with Crippen LogP contribution in [0.3, 0.4) is 0 Å². The molecule has 0 spiro atoms. The molecule has 114 valence electrons. The van der Waals surface area contributed by atoms with Gasteiger partial charge in [-0.1, -0.05) is 20.8 Å². The van der Waals surface area contributed by atoms with E-state index in [9.17, 15) is 19.8 Å². The van der Waals surface area contributed by atoms with Gasteiger partial charge in [-0.2, -0.15) is 4.79 Å². The summed E-state index contributed by atoms with van der Waals surface area (Å²) in [6.45, 7) is 5.72. The van der Waals surface area contributed by atoms with Crippen molar-refractivity contribution in [3.63, 3.8) is 0 Å². The number of aliphatic hydroxyl groups is 2. The maximum absolute atomic E-state index is 11.8. The van der Waals surface area contributed by atoms with E-state index in [-0.39, 0.29) is 25.0 Å². The van der Waals surface area contributed by atoms with Crippen molar-refractivity contribution in [2.24, 2.45) is 5.92 Å². The maximum Gasteiger partial charge on any atom is 0.337 e. The summed E-state index contributed by atoms with van der Waals surface area (Å²) in [6.07, 6.45) is -1.55. The fourth-order valence-corrected chi connectivity index (χ4v) is 1.70. The number of carbonyl (C=O) groups excluding carboxylic acids is 2. The number of hydrogen-bond acceptors (Lipinski definition) is 4. The van der Waals surface area contributed by atoms with Crippen LogP contribution >= 0.6 is 0 Å². The van der Waals surface area contributed by atoms with Gasteiger partial charge in [-0.3, -0.25) is 9.59 Å². The second-order valence-corrected chi connectivity index (χ2v) is 5.33. The SMILES string of the molecule is CCCC(=O)C(O)CC(O)C(=O)C(CCC(C)C)=[N+]=[N-]. The molecule has 0 aliphatic heterocycles. The predicted octanol–water partition coefficient (Wildman–Crippen LogP) is 1.14. The molecule has 0 heterocycles. The van der Waals surface area contributed by atoms with Crippen LogP contribution in [0.4, 0.5) is 0 Å². The number of Topliss-reactive ketones (excluding diaryl/α,β-unsaturated/α-hetero) is 2. The monoisotopic (exact) mass is 284 g/mol. The second kappa shape index (κ2) is 9.53. The zero-order chi connectivity index (χ0) is 15.7. The molecular formula is C14H24N2O4. The third kappa shape index (κ3) is 6.70. The van der Waals surface area contributed by atoms with Crippen molar-refractivity contribution in [2.75, 3.05) is 0 Å². The van der Waals surface area contributed by atoms with E-state index >= 15 is 0 Å². The summed E-state index contributed by atoms with van der Waals surface area (Å²) in [7, 11) is 0. The van der Waals surface area contributed by atoms with Crippen LogP contribution < -0.4 is 0 Å². The fraction of sp³-hybridized carbons (Fsp3) is 0.786. The fourth-order valence-electron chi connectivity index (χ4n) is 1.70. The highest BCUT2D eigenvalue weighted by molar-refractivity contribution is 6.39. The number of rotatable bonds is 10. The Kier molecular flexibility index (Phi) is 8.88. The molecule has 0 saturated carbocycles. The molecule has 6 nitrogen and oxygen atoms in total. The van der Waals surface area contributed by atoms with Gasteiger partial charge in [-0.25, -0.2) is 0 Å². The smallest absolute Gasteiger partial charge is 0.337 e. The highest BCUT2D eigenvalue weighted by atomic mass is 16.3. The van der Waals surface area contributed by atoms with E-state index in [2.05, 4.69) is 4.79 Å². The first kappa shape index (κ1) is 18.6. The lowest BCUT2D eigenvalue weighted by Crippen LogP contribution is -2.35. The molecule has 0 aromatic rings. The summed E-state index contributed by atoms with van der Waals surface area (Å²) >= 11 is 0. The van der Waals surface area contributed by atoms with Gasteiger partial charge < -0.3 is 15.7 Å². The van der Waals surface area contributed by atoms with Crippen LogP contribution in [-0.2, 0) is 9.59 Å². The van der Waals surface area contributed by atoms with E-state index in [0.717, 1.165) is 0 Å². The summed E-state index contributed by atoms with van der Waals surface area (Å²) in [5.41, 5.74) is 8.69. The van der Waals surface area contributed by atoms with Gasteiger partial charge >= 0.3 is 5.71 Å². The number of nitrogens with zero attached hydrogens (tertiary/aromatic N) is 2. The van der Waals surface area contributed by atoms with Crippen LogP contribution in [0.5, 0.6) is 0 Å². The Bertz CT molecular complexity index is 387. The number of aliphatic hydroxyl groups excluding tert-OH is 2. The first-order valence-electron chi connectivity index (χ1n) is 6.97. The van der Waals surface area contributed by atoms with Gasteiger partial charge in [-0.05, 0) is 18.8 Å². The zero-order valence-corrected chi connectivity index (χ0v) is 12.4. The Balaban J connectivity index is 4.52. The van der Waals surface area contributed by atoms with Crippen LogP contribution in [0.15, 0.2) is 0 Å². The van der Waals surface area contributed by atoms with Gasteiger partial charge in [-0.15, -0.1) is 0 Å². The van der Waals surface area contributed by atoms with Crippen LogP contribution in [0, 0.1) is 5.92 Å². The van der Waals surface area contributed by atoms with Gasteiger partial charge in [0.25, 0.3) is 5.78 Å². The third-order valence-corrected chi connectivity index (χ3v) is 2.98. The number of ketones is 2. The topological polar surface area (TPSA) is 111 Å². The molecule has 0 rings (SSSR count). The van der Waals surface area contributed by atoms with Crippen molar-refractivity contribution >= 4 is 17.3 Å². The van der Waals surface area contributed by atoms with Crippen LogP contribution in [0.1, 0.15) is 52.9 Å². The summed E-state index contributed by atoms with van der Waals surface area (Å²) in [6, 6.07) is 0. The summed E-state index contributed by atoms with van der Waals surface area (Å²) in [5, 5.41) is 19.3. The molecular weight excluding hydrogens is 260 g/mol. The van der Waals surface area contributed by atoms with Gasteiger partial charge in [0.2, 0.25) is 0 Å². The highest BCUT2D eigenvalue weighted by Gasteiger charge is 2.30. The van der Waals surface area contributed by atoms with Crippen molar-refractivity contribution in [1.29, 1.82) is 0 Å². The normalized spacial score (nSPS) is 13.7. The van der Waals surface area contributed by atoms with Crippen molar-refractivity contribution < 1.29 is 24.6 Å². The lowest BCUT2D eigenvalue weighted by atomic mass is 9.97. The Labute approximate surface area is 119 Å². The molecule has 0 aliphatic rings. The van der Waals surface area contributed by atoms with E-state index in [1.54, 1.807) is 6.92 Å². The molecule has 0 bridgehead atoms. The Hall–Kier alpha value is -1.36. The minimum Gasteiger partial charge on any atom is -0.385 e. The van der Waals surface area contributed by atoms with Crippen LogP contribution in [-0.4, -0.2) is 44.5 Å². The maximum atomic E-state index is 11.8. The molecule has 0 saturated heterocycles. The molecule has 0 fully saturated rings. The van der Waals surface area contributed by atoms with Crippen LogP contribution in [0.25, 0.3) is 5.53 Å². The molecule has 0 aromatic carbocycles. The molecule has 2 atom stereocenters. The average molecular weight is 284 g/mol. The highest BCUT2D eigenvalue weighted by Crippen LogP contribution is 2.09. The lowest BCUT2D eigenvalue weighted by molar-refractivity contribution is -0.132. The third-order valence-electron chi connectivity index (χ3n) is 2.98. The van der Waals surface area contributed by atoms with E-state index in [1.165, 1.54) is 0 Å². The summed E-state index contributed by atoms with van der Waals surface area (Å²) in [5.74, 6) is -0.811. The quantitative estimate of drug-likeness (QED) is 0.356. The lowest BCUT2D eigenvalue weighted by Gasteiger charge is -2.12. The number of hydrogen-bond donors (Lipinski definition) is 2. The molecule has 2 N–H and O–H groups in total. The van der Waals surface area contributed by atoms with Crippen molar-refractivity contribution in [3.05, 3.63) is 5.53 Å². The van der Waals surface area contributed by atoms with E-state index < -0.39 is 23.8 Å². The first-order valence-corrected chi connectivity index (χ1v) is 6.97. The minimum absolute atomic E-state index is 0.124. The zero-order valence-electron chi connectivity index (χ0n) is 12.4. The standard InChI is InChI=1S/C14H24N2O4/c1-4-5-11(17)12(18)8-13(19)14(20)10(16-15)7-6-9(2)3/h9,12-13,18-19H,4-8H2,1-3H3. The average Bonchev–Trinajstić information content (AvgIpc) is 2.38. The van der Waals surface area contributed by atoms with Crippen molar-refractivity contribution in [3.8, 4) is 0 Å². The van der Waals surface area contributed by atoms with E-state index in [0.29, 0.717) is 18.8 Å². The number of carbonyl (C=O) groups is 2. The van der Waals surface area contributed by atoms with Gasteiger partial charge in [0.1, 0.15) is 12.2 Å². The molecule has 0 radical (unpaired) electrons. The summed E-state index contributed by atoms with van der Waals surface area (Å²) in [4.78, 5) is 26.2. The van der Waals surface area contributed by atoms with E-state index in [4.69, 9.17) is 5.53 Å². The largest absolute Gasteiger partial charge is 0.385 e. The molecule has 6 heteroatoms. The molecule has 0 aliphatic carbocycles. The predicted molar refractivity (Wildman–Crippen MR) is 74.3 cm³/mol. The van der Waals surface area contributed by atoms with E-state index in [1.807, 2.05) is 13.8 Å². The second-order valence-electron chi connectivity index (χ2n) is 5.33. The minimum atomic E-state index is -1.52. The molecule has 2 unspecified atom stereocenters. The first-order chi connectivity index (χ1) is 9.33. The van der Waals surface area contributed by atoms with Gasteiger partial charge in [0, 0.05) is 12.8 Å². The Morgan fingerprint density at radius 2 is 1.75 bits per heavy atom. The van der Waals surface area contributed by atoms with Gasteiger partial charge in [0.15, 0.2) is 5.78 Å². The Morgan fingerprint density at radius 1 is 1.15 bits per heavy atom. The molecule has 20 heavy (non-hydrogen) atoms. The van der Waals surface area contributed by atoms with Crippen LogP contribution in [0.2, 0.25) is 0 Å². The van der Waals surface area contributed by atoms with Crippen molar-refractivity contribution in [1.82, 2.24) is 0 Å². The molecule has 0 amide bonds. The van der Waals surface area contributed by atoms with Gasteiger partial charge in [0.05, 0.1) is 6.42 Å². The van der Waals surface area contributed by atoms with Crippen molar-refractivity contribution in [2.45, 2.75) is 65.1 Å². The Morgan fingerprint density at radius 3 is 2.20 bits per heavy atom. The summed E-state index contributed by atoms with van der Waals surface area (Å²) < 4.78 is 0.